The molecule has 0 radical (unpaired) electrons. The van der Waals surface area contributed by atoms with E-state index in [-0.39, 0.29) is 30.1 Å². The van der Waals surface area contributed by atoms with Gasteiger partial charge in [-0.3, -0.25) is 19.7 Å². The quantitative estimate of drug-likeness (QED) is 0.558. The number of hydrogen-bond donors (Lipinski definition) is 1. The van der Waals surface area contributed by atoms with Crippen molar-refractivity contribution in [2.75, 3.05) is 13.6 Å². The fourth-order valence-electron chi connectivity index (χ4n) is 2.31. The molecule has 0 saturated carbocycles. The largest absolute Gasteiger partial charge is 0.573 e. The van der Waals surface area contributed by atoms with Crippen LogP contribution in [0.3, 0.4) is 0 Å². The van der Waals surface area contributed by atoms with Gasteiger partial charge in [-0.2, -0.15) is 0 Å². The van der Waals surface area contributed by atoms with Crippen molar-refractivity contribution in [3.05, 3.63) is 69.8 Å². The zero-order valence-electron chi connectivity index (χ0n) is 15.1. The lowest BCUT2D eigenvalue weighted by atomic mass is 10.2. The summed E-state index contributed by atoms with van der Waals surface area (Å²) in [4.78, 5) is 35.6. The van der Waals surface area contributed by atoms with Gasteiger partial charge in [-0.05, 0) is 23.8 Å². The molecule has 0 aliphatic heterocycles. The van der Waals surface area contributed by atoms with Crippen LogP contribution in [0.2, 0.25) is 0 Å². The molecule has 0 aliphatic rings. The molecule has 0 atom stereocenters. The van der Waals surface area contributed by atoms with Gasteiger partial charge in [-0.15, -0.1) is 13.2 Å². The van der Waals surface area contributed by atoms with Crippen molar-refractivity contribution in [2.45, 2.75) is 12.9 Å². The molecular weight excluding hydrogens is 395 g/mol. The Morgan fingerprint density at radius 2 is 1.83 bits per heavy atom. The number of benzene rings is 2. The zero-order chi connectivity index (χ0) is 21.6. The highest BCUT2D eigenvalue weighted by Gasteiger charge is 2.31. The second kappa shape index (κ2) is 9.04. The van der Waals surface area contributed by atoms with Crippen molar-refractivity contribution < 1.29 is 32.4 Å². The summed E-state index contributed by atoms with van der Waals surface area (Å²) < 4.78 is 40.2. The molecule has 2 aromatic carbocycles. The minimum atomic E-state index is -4.79. The number of amides is 2. The van der Waals surface area contributed by atoms with Gasteiger partial charge < -0.3 is 15.0 Å². The predicted molar refractivity (Wildman–Crippen MR) is 95.0 cm³/mol. The maximum absolute atomic E-state index is 12.1. The molecule has 29 heavy (non-hydrogen) atoms. The van der Waals surface area contributed by atoms with E-state index in [0.717, 1.165) is 18.2 Å². The monoisotopic (exact) mass is 411 g/mol. The second-order valence-corrected chi connectivity index (χ2v) is 5.93. The van der Waals surface area contributed by atoms with Crippen LogP contribution in [0.1, 0.15) is 15.9 Å². The minimum absolute atomic E-state index is 0.0370. The van der Waals surface area contributed by atoms with Crippen LogP contribution >= 0.6 is 0 Å². The topological polar surface area (TPSA) is 102 Å². The zero-order valence-corrected chi connectivity index (χ0v) is 15.1. The smallest absolute Gasteiger partial charge is 0.406 e. The van der Waals surface area contributed by atoms with Crippen LogP contribution in [-0.2, 0) is 11.3 Å². The molecular formula is C18H16F3N3O5. The fourth-order valence-corrected chi connectivity index (χ4v) is 2.31. The summed E-state index contributed by atoms with van der Waals surface area (Å²) in [5.74, 6) is -1.48. The molecule has 2 amide bonds. The van der Waals surface area contributed by atoms with Crippen molar-refractivity contribution in [1.29, 1.82) is 0 Å². The number of likely N-dealkylation sites (N-methyl/N-ethyl adjacent to an activating group) is 1. The van der Waals surface area contributed by atoms with E-state index in [2.05, 4.69) is 10.1 Å². The number of hydrogen-bond acceptors (Lipinski definition) is 5. The summed E-state index contributed by atoms with van der Waals surface area (Å²) >= 11 is 0. The van der Waals surface area contributed by atoms with Crippen LogP contribution in [0, 0.1) is 10.1 Å². The number of ether oxygens (including phenoxy) is 1. The number of non-ortho nitro benzene ring substituents is 1. The van der Waals surface area contributed by atoms with Gasteiger partial charge in [0.2, 0.25) is 5.91 Å². The summed E-state index contributed by atoms with van der Waals surface area (Å²) in [7, 11) is 1.46. The van der Waals surface area contributed by atoms with Crippen molar-refractivity contribution in [2.24, 2.45) is 0 Å². The van der Waals surface area contributed by atoms with Crippen molar-refractivity contribution in [1.82, 2.24) is 10.2 Å². The van der Waals surface area contributed by atoms with E-state index in [1.807, 2.05) is 0 Å². The summed E-state index contributed by atoms with van der Waals surface area (Å²) in [5.41, 5.74) is 0.342. The van der Waals surface area contributed by atoms with E-state index in [0.29, 0.717) is 5.56 Å². The third-order valence-electron chi connectivity index (χ3n) is 3.72. The Morgan fingerprint density at radius 3 is 2.41 bits per heavy atom. The molecule has 11 heteroatoms. The Balaban J connectivity index is 1.88. The van der Waals surface area contributed by atoms with Gasteiger partial charge >= 0.3 is 6.36 Å². The molecule has 2 rings (SSSR count). The van der Waals surface area contributed by atoms with E-state index in [4.69, 9.17) is 0 Å². The highest BCUT2D eigenvalue weighted by atomic mass is 19.4. The highest BCUT2D eigenvalue weighted by Crippen LogP contribution is 2.23. The van der Waals surface area contributed by atoms with Crippen molar-refractivity contribution >= 4 is 17.5 Å². The standard InChI is InChI=1S/C18H16F3N3O5/c1-23(11-12-5-7-15(8-6-12)29-18(19,20)21)16(25)10-22-17(26)13-3-2-4-14(9-13)24(27)28/h2-9H,10-11H2,1H3,(H,22,26). The van der Waals surface area contributed by atoms with E-state index >= 15 is 0 Å². The minimum Gasteiger partial charge on any atom is -0.406 e. The van der Waals surface area contributed by atoms with Gasteiger partial charge in [0.25, 0.3) is 11.6 Å². The number of carbonyl (C=O) groups excluding carboxylic acids is 2. The van der Waals surface area contributed by atoms with Gasteiger partial charge in [0, 0.05) is 31.3 Å². The molecule has 0 aliphatic carbocycles. The molecule has 0 heterocycles. The van der Waals surface area contributed by atoms with Gasteiger partial charge in [-0.25, -0.2) is 0 Å². The van der Waals surface area contributed by atoms with E-state index < -0.39 is 23.1 Å². The number of halogens is 3. The first kappa shape index (κ1) is 21.7. The van der Waals surface area contributed by atoms with Gasteiger partial charge in [0.05, 0.1) is 11.5 Å². The van der Waals surface area contributed by atoms with Crippen LogP contribution in [0.4, 0.5) is 18.9 Å². The molecule has 0 spiro atoms. The first-order chi connectivity index (χ1) is 13.5. The van der Waals surface area contributed by atoms with Gasteiger partial charge in [-0.1, -0.05) is 18.2 Å². The molecule has 0 aromatic heterocycles. The molecule has 154 valence electrons. The Bertz CT molecular complexity index is 900. The normalized spacial score (nSPS) is 10.9. The number of carbonyl (C=O) groups is 2. The van der Waals surface area contributed by atoms with E-state index in [1.54, 1.807) is 0 Å². The number of nitrogens with one attached hydrogen (secondary N) is 1. The number of nitro benzene ring substituents is 1. The fraction of sp³-hybridized carbons (Fsp3) is 0.222. The maximum atomic E-state index is 12.1. The molecule has 1 N–H and O–H groups in total. The van der Waals surface area contributed by atoms with Crippen molar-refractivity contribution in [3.8, 4) is 5.75 Å². The molecule has 8 nitrogen and oxygen atoms in total. The number of alkyl halides is 3. The molecule has 0 fully saturated rings. The van der Waals surface area contributed by atoms with Crippen LogP contribution in [0.25, 0.3) is 0 Å². The third-order valence-corrected chi connectivity index (χ3v) is 3.72. The first-order valence-electron chi connectivity index (χ1n) is 8.16. The lowest BCUT2D eigenvalue weighted by Gasteiger charge is -2.18. The average Bonchev–Trinajstić information content (AvgIpc) is 2.66. The summed E-state index contributed by atoms with van der Waals surface area (Å²) in [6.07, 6.45) is -4.79. The molecule has 0 unspecified atom stereocenters. The van der Waals surface area contributed by atoms with E-state index in [1.165, 1.54) is 42.3 Å². The maximum Gasteiger partial charge on any atom is 0.573 e. The molecule has 2 aromatic rings. The van der Waals surface area contributed by atoms with Crippen LogP contribution in [0.5, 0.6) is 5.75 Å². The van der Waals surface area contributed by atoms with Crippen LogP contribution in [0.15, 0.2) is 48.5 Å². The second-order valence-electron chi connectivity index (χ2n) is 5.93. The van der Waals surface area contributed by atoms with Crippen molar-refractivity contribution in [3.63, 3.8) is 0 Å². The number of rotatable bonds is 7. The highest BCUT2D eigenvalue weighted by molar-refractivity contribution is 5.96. The first-order valence-corrected chi connectivity index (χ1v) is 8.16. The van der Waals surface area contributed by atoms with E-state index in [9.17, 15) is 32.9 Å². The van der Waals surface area contributed by atoms with Crippen LogP contribution < -0.4 is 10.1 Å². The average molecular weight is 411 g/mol. The Hall–Kier alpha value is -3.63. The SMILES string of the molecule is CN(Cc1ccc(OC(F)(F)F)cc1)C(=O)CNC(=O)c1cccc([N+](=O)[O-])c1. The van der Waals surface area contributed by atoms with Gasteiger partial charge in [0.1, 0.15) is 5.75 Å². The molecule has 0 saturated heterocycles. The summed E-state index contributed by atoms with van der Waals surface area (Å²) in [6, 6.07) is 10.1. The Morgan fingerprint density at radius 1 is 1.17 bits per heavy atom. The number of nitrogens with zero attached hydrogens (tertiary/aromatic N) is 2. The Labute approximate surface area is 163 Å². The van der Waals surface area contributed by atoms with Gasteiger partial charge in [0.15, 0.2) is 0 Å². The predicted octanol–water partition coefficient (Wildman–Crippen LogP) is 2.88. The summed E-state index contributed by atoms with van der Waals surface area (Å²) in [6.45, 7) is -0.259. The lowest BCUT2D eigenvalue weighted by Crippen LogP contribution is -2.37. The summed E-state index contributed by atoms with van der Waals surface area (Å²) in [5, 5.41) is 13.1. The lowest BCUT2D eigenvalue weighted by molar-refractivity contribution is -0.384. The number of nitro groups is 1. The Kier molecular flexibility index (Phi) is 6.75. The van der Waals surface area contributed by atoms with Crippen LogP contribution in [-0.4, -0.2) is 41.6 Å². The molecule has 0 bridgehead atoms. The third kappa shape index (κ3) is 6.79.